The molecule has 3 nitrogen and oxygen atoms in total. The lowest BCUT2D eigenvalue weighted by molar-refractivity contribution is -0.122. The number of amides is 1. The van der Waals surface area contributed by atoms with Gasteiger partial charge < -0.3 is 10.3 Å². The molecule has 0 saturated carbocycles. The fourth-order valence-corrected chi connectivity index (χ4v) is 3.93. The number of carbonyl (C=O) groups is 1. The van der Waals surface area contributed by atoms with Crippen molar-refractivity contribution >= 4 is 40.0 Å². The van der Waals surface area contributed by atoms with Gasteiger partial charge in [-0.15, -0.1) is 0 Å². The SMILES string of the molecule is CCc1cccc2c(C(CC(=O)NC(C)C(C)C)c3ccc(Cl)c(Cl)c3)c[nH]c12. The third-order valence-electron chi connectivity index (χ3n) is 5.71. The van der Waals surface area contributed by atoms with Gasteiger partial charge in [-0.25, -0.2) is 0 Å². The lowest BCUT2D eigenvalue weighted by Gasteiger charge is -2.21. The number of rotatable bonds is 7. The van der Waals surface area contributed by atoms with E-state index in [1.54, 1.807) is 6.07 Å². The fourth-order valence-electron chi connectivity index (χ4n) is 3.62. The first kappa shape index (κ1) is 21.7. The van der Waals surface area contributed by atoms with Crippen LogP contribution in [0.5, 0.6) is 0 Å². The van der Waals surface area contributed by atoms with Crippen molar-refractivity contribution in [3.63, 3.8) is 0 Å². The summed E-state index contributed by atoms with van der Waals surface area (Å²) in [5.74, 6) is 0.288. The normalized spacial score (nSPS) is 13.6. The van der Waals surface area contributed by atoms with Crippen LogP contribution in [-0.4, -0.2) is 16.9 Å². The first-order valence-corrected chi connectivity index (χ1v) is 10.9. The highest BCUT2D eigenvalue weighted by Gasteiger charge is 2.23. The largest absolute Gasteiger partial charge is 0.361 e. The number of carbonyl (C=O) groups excluding carboxylic acids is 1. The zero-order chi connectivity index (χ0) is 21.1. The summed E-state index contributed by atoms with van der Waals surface area (Å²) in [6, 6.07) is 12.1. The van der Waals surface area contributed by atoms with Crippen LogP contribution in [-0.2, 0) is 11.2 Å². The van der Waals surface area contributed by atoms with Gasteiger partial charge in [0.1, 0.15) is 0 Å². The molecule has 2 unspecified atom stereocenters. The molecule has 2 N–H and O–H groups in total. The summed E-state index contributed by atoms with van der Waals surface area (Å²) in [6.07, 6.45) is 3.32. The van der Waals surface area contributed by atoms with Gasteiger partial charge in [-0.05, 0) is 48.1 Å². The van der Waals surface area contributed by atoms with Gasteiger partial charge in [0.25, 0.3) is 0 Å². The quantitative estimate of drug-likeness (QED) is 0.429. The summed E-state index contributed by atoms with van der Waals surface area (Å²) in [4.78, 5) is 16.3. The Labute approximate surface area is 182 Å². The molecule has 1 heterocycles. The minimum atomic E-state index is -0.120. The summed E-state index contributed by atoms with van der Waals surface area (Å²) in [7, 11) is 0. The van der Waals surface area contributed by atoms with Crippen molar-refractivity contribution in [2.75, 3.05) is 0 Å². The van der Waals surface area contributed by atoms with Crippen LogP contribution < -0.4 is 5.32 Å². The zero-order valence-electron chi connectivity index (χ0n) is 17.4. The molecular formula is C24H28Cl2N2O. The van der Waals surface area contributed by atoms with Crippen molar-refractivity contribution in [1.82, 2.24) is 10.3 Å². The van der Waals surface area contributed by atoms with Crippen LogP contribution in [0, 0.1) is 5.92 Å². The summed E-state index contributed by atoms with van der Waals surface area (Å²) in [5.41, 5.74) is 4.47. The van der Waals surface area contributed by atoms with Crippen molar-refractivity contribution in [1.29, 1.82) is 0 Å². The number of hydrogen-bond donors (Lipinski definition) is 2. The van der Waals surface area contributed by atoms with Crippen molar-refractivity contribution in [3.8, 4) is 0 Å². The molecule has 5 heteroatoms. The average molecular weight is 431 g/mol. The Hall–Kier alpha value is -1.97. The second kappa shape index (κ2) is 9.23. The number of hydrogen-bond acceptors (Lipinski definition) is 1. The summed E-state index contributed by atoms with van der Waals surface area (Å²) < 4.78 is 0. The summed E-state index contributed by atoms with van der Waals surface area (Å²) >= 11 is 12.4. The van der Waals surface area contributed by atoms with E-state index in [4.69, 9.17) is 23.2 Å². The number of halogens is 2. The van der Waals surface area contributed by atoms with Gasteiger partial charge in [-0.1, -0.05) is 68.2 Å². The highest BCUT2D eigenvalue weighted by atomic mass is 35.5. The molecule has 0 aliphatic carbocycles. The second-order valence-electron chi connectivity index (χ2n) is 7.97. The third kappa shape index (κ3) is 4.79. The molecular weight excluding hydrogens is 403 g/mol. The zero-order valence-corrected chi connectivity index (χ0v) is 18.9. The average Bonchev–Trinajstić information content (AvgIpc) is 3.12. The topological polar surface area (TPSA) is 44.9 Å². The molecule has 0 spiro atoms. The summed E-state index contributed by atoms with van der Waals surface area (Å²) in [5, 5.41) is 5.29. The summed E-state index contributed by atoms with van der Waals surface area (Å²) in [6.45, 7) is 8.39. The van der Waals surface area contributed by atoms with Gasteiger partial charge in [0.2, 0.25) is 5.91 Å². The van der Waals surface area contributed by atoms with E-state index in [1.165, 1.54) is 5.56 Å². The number of aryl methyl sites for hydroxylation is 1. The standard InChI is InChI=1S/C24H28Cl2N2O/c1-5-16-7-6-8-18-20(13-27-24(16)18)19(12-23(29)28-15(4)14(2)3)17-9-10-21(25)22(26)11-17/h6-11,13-15,19,27H,5,12H2,1-4H3,(H,28,29). The first-order valence-electron chi connectivity index (χ1n) is 10.1. The van der Waals surface area contributed by atoms with Gasteiger partial charge in [0, 0.05) is 35.5 Å². The van der Waals surface area contributed by atoms with Gasteiger partial charge in [-0.2, -0.15) is 0 Å². The molecule has 1 amide bonds. The molecule has 3 rings (SSSR count). The Morgan fingerprint density at radius 1 is 1.10 bits per heavy atom. The monoisotopic (exact) mass is 430 g/mol. The van der Waals surface area contributed by atoms with Crippen molar-refractivity contribution in [2.45, 2.75) is 52.5 Å². The minimum absolute atomic E-state index is 0.0308. The van der Waals surface area contributed by atoms with Crippen LogP contribution in [0.4, 0.5) is 0 Å². The van der Waals surface area contributed by atoms with Gasteiger partial charge in [0.15, 0.2) is 0 Å². The predicted molar refractivity (Wildman–Crippen MR) is 123 cm³/mol. The maximum absolute atomic E-state index is 12.9. The fraction of sp³-hybridized carbons (Fsp3) is 0.375. The minimum Gasteiger partial charge on any atom is -0.361 e. The van der Waals surface area contributed by atoms with E-state index in [1.807, 2.05) is 25.3 Å². The molecule has 0 bridgehead atoms. The maximum Gasteiger partial charge on any atom is 0.221 e. The van der Waals surface area contributed by atoms with E-state index in [2.05, 4.69) is 49.3 Å². The van der Waals surface area contributed by atoms with Crippen LogP contribution >= 0.6 is 23.2 Å². The molecule has 154 valence electrons. The highest BCUT2D eigenvalue weighted by Crippen LogP contribution is 2.36. The molecule has 3 aromatic rings. The lowest BCUT2D eigenvalue weighted by atomic mass is 9.87. The third-order valence-corrected chi connectivity index (χ3v) is 6.45. The van der Waals surface area contributed by atoms with Crippen LogP contribution in [0.2, 0.25) is 10.0 Å². The first-order chi connectivity index (χ1) is 13.8. The number of para-hydroxylation sites is 1. The van der Waals surface area contributed by atoms with Crippen LogP contribution in [0.1, 0.15) is 56.7 Å². The Morgan fingerprint density at radius 3 is 2.52 bits per heavy atom. The van der Waals surface area contributed by atoms with E-state index in [0.717, 1.165) is 28.5 Å². The van der Waals surface area contributed by atoms with Crippen molar-refractivity contribution in [2.24, 2.45) is 5.92 Å². The van der Waals surface area contributed by atoms with Gasteiger partial charge in [-0.3, -0.25) is 4.79 Å². The highest BCUT2D eigenvalue weighted by molar-refractivity contribution is 6.42. The van der Waals surface area contributed by atoms with E-state index < -0.39 is 0 Å². The Balaban J connectivity index is 2.03. The van der Waals surface area contributed by atoms with E-state index in [9.17, 15) is 4.79 Å². The number of fused-ring (bicyclic) bond motifs is 1. The molecule has 0 aliphatic rings. The van der Waals surface area contributed by atoms with Gasteiger partial charge in [0.05, 0.1) is 10.0 Å². The molecule has 1 aromatic heterocycles. The second-order valence-corrected chi connectivity index (χ2v) is 8.78. The smallest absolute Gasteiger partial charge is 0.221 e. The van der Waals surface area contributed by atoms with Crippen molar-refractivity contribution < 1.29 is 4.79 Å². The van der Waals surface area contributed by atoms with Crippen LogP contribution in [0.15, 0.2) is 42.6 Å². The molecule has 2 aromatic carbocycles. The van der Waals surface area contributed by atoms with E-state index in [-0.39, 0.29) is 17.9 Å². The molecule has 29 heavy (non-hydrogen) atoms. The number of H-pyrrole nitrogens is 1. The van der Waals surface area contributed by atoms with Crippen LogP contribution in [0.3, 0.4) is 0 Å². The van der Waals surface area contributed by atoms with Gasteiger partial charge >= 0.3 is 0 Å². The predicted octanol–water partition coefficient (Wildman–Crippen LogP) is 6.72. The molecule has 0 aliphatic heterocycles. The van der Waals surface area contributed by atoms with E-state index in [0.29, 0.717) is 22.4 Å². The Bertz CT molecular complexity index is 1010. The number of nitrogens with one attached hydrogen (secondary N) is 2. The Kier molecular flexibility index (Phi) is 6.92. The molecule has 0 radical (unpaired) electrons. The Morgan fingerprint density at radius 2 is 1.86 bits per heavy atom. The number of aromatic amines is 1. The number of benzene rings is 2. The lowest BCUT2D eigenvalue weighted by Crippen LogP contribution is -2.36. The maximum atomic E-state index is 12.9. The molecule has 0 fully saturated rings. The molecule has 0 saturated heterocycles. The van der Waals surface area contributed by atoms with Crippen molar-refractivity contribution in [3.05, 3.63) is 69.3 Å². The molecule has 2 atom stereocenters. The van der Waals surface area contributed by atoms with Crippen LogP contribution in [0.25, 0.3) is 10.9 Å². The number of aromatic nitrogens is 1. The van der Waals surface area contributed by atoms with E-state index >= 15 is 0 Å².